The number of piperidine rings is 1. The van der Waals surface area contributed by atoms with Gasteiger partial charge in [-0.3, -0.25) is 14.5 Å². The van der Waals surface area contributed by atoms with Gasteiger partial charge in [-0.25, -0.2) is 4.98 Å². The molecular weight excluding hydrogens is 338 g/mol. The van der Waals surface area contributed by atoms with Crippen molar-refractivity contribution in [3.63, 3.8) is 0 Å². The van der Waals surface area contributed by atoms with E-state index < -0.39 is 12.0 Å². The molecule has 1 aliphatic heterocycles. The van der Waals surface area contributed by atoms with Gasteiger partial charge < -0.3 is 10.4 Å². The van der Waals surface area contributed by atoms with E-state index in [1.54, 1.807) is 16.2 Å². The van der Waals surface area contributed by atoms with Crippen LogP contribution in [0, 0.1) is 6.92 Å². The standard InChI is InChI=1S/C18H21N3O3S/c1-12-19-15(11-25-12)13-5-4-6-14(9-13)20-17(22)10-21-8-3-2-7-16(21)18(23)24/h4-6,9,11,16H,2-3,7-8,10H2,1H3,(H,20,22)(H,23,24). The Hall–Kier alpha value is -2.25. The summed E-state index contributed by atoms with van der Waals surface area (Å²) in [6.45, 7) is 2.69. The molecule has 0 saturated carbocycles. The fraction of sp³-hybridized carbons (Fsp3) is 0.389. The summed E-state index contributed by atoms with van der Waals surface area (Å²) in [6, 6.07) is 6.97. The van der Waals surface area contributed by atoms with E-state index in [0.29, 0.717) is 18.7 Å². The number of aliphatic carboxylic acids is 1. The van der Waals surface area contributed by atoms with E-state index in [1.807, 2.05) is 36.6 Å². The van der Waals surface area contributed by atoms with E-state index >= 15 is 0 Å². The number of thiazole rings is 1. The number of carboxylic acid groups (broad SMARTS) is 1. The Kier molecular flexibility index (Phi) is 5.45. The molecule has 1 unspecified atom stereocenters. The molecule has 1 aromatic carbocycles. The van der Waals surface area contributed by atoms with Gasteiger partial charge in [-0.1, -0.05) is 18.6 Å². The first-order valence-corrected chi connectivity index (χ1v) is 9.20. The van der Waals surface area contributed by atoms with Gasteiger partial charge in [0, 0.05) is 16.6 Å². The van der Waals surface area contributed by atoms with Crippen molar-refractivity contribution in [1.29, 1.82) is 0 Å². The second kappa shape index (κ2) is 7.76. The maximum absolute atomic E-state index is 12.3. The largest absolute Gasteiger partial charge is 0.480 e. The summed E-state index contributed by atoms with van der Waals surface area (Å²) in [5.41, 5.74) is 2.53. The molecule has 0 radical (unpaired) electrons. The number of aryl methyl sites for hydroxylation is 1. The third kappa shape index (κ3) is 4.43. The van der Waals surface area contributed by atoms with Crippen LogP contribution in [0.25, 0.3) is 11.3 Å². The van der Waals surface area contributed by atoms with Crippen LogP contribution >= 0.6 is 11.3 Å². The highest BCUT2D eigenvalue weighted by Crippen LogP contribution is 2.24. The number of carbonyl (C=O) groups is 2. The van der Waals surface area contributed by atoms with Crippen molar-refractivity contribution in [2.45, 2.75) is 32.2 Å². The number of hydrogen-bond acceptors (Lipinski definition) is 5. The molecule has 3 rings (SSSR count). The summed E-state index contributed by atoms with van der Waals surface area (Å²) in [6.07, 6.45) is 2.42. The first-order valence-electron chi connectivity index (χ1n) is 8.32. The van der Waals surface area contributed by atoms with Gasteiger partial charge in [-0.2, -0.15) is 0 Å². The monoisotopic (exact) mass is 359 g/mol. The predicted octanol–water partition coefficient (Wildman–Crippen LogP) is 3.00. The fourth-order valence-electron chi connectivity index (χ4n) is 3.10. The van der Waals surface area contributed by atoms with Gasteiger partial charge >= 0.3 is 5.97 Å². The molecule has 25 heavy (non-hydrogen) atoms. The van der Waals surface area contributed by atoms with Gasteiger partial charge in [0.05, 0.1) is 17.2 Å². The lowest BCUT2D eigenvalue weighted by Gasteiger charge is -2.32. The van der Waals surface area contributed by atoms with E-state index in [0.717, 1.165) is 29.1 Å². The van der Waals surface area contributed by atoms with E-state index in [2.05, 4.69) is 10.3 Å². The van der Waals surface area contributed by atoms with Crippen LogP contribution in [0.15, 0.2) is 29.6 Å². The minimum Gasteiger partial charge on any atom is -0.480 e. The Morgan fingerprint density at radius 3 is 2.96 bits per heavy atom. The molecule has 0 bridgehead atoms. The first-order chi connectivity index (χ1) is 12.0. The first kappa shape index (κ1) is 17.6. The molecular formula is C18H21N3O3S. The van der Waals surface area contributed by atoms with Crippen LogP contribution in [0.4, 0.5) is 5.69 Å². The van der Waals surface area contributed by atoms with Crippen LogP contribution in [0.2, 0.25) is 0 Å². The number of carboxylic acids is 1. The molecule has 132 valence electrons. The average molecular weight is 359 g/mol. The number of likely N-dealkylation sites (tertiary alicyclic amines) is 1. The molecule has 0 aliphatic carbocycles. The number of hydrogen-bond donors (Lipinski definition) is 2. The maximum atomic E-state index is 12.3. The smallest absolute Gasteiger partial charge is 0.320 e. The van der Waals surface area contributed by atoms with Gasteiger partial charge in [0.2, 0.25) is 5.91 Å². The molecule has 0 spiro atoms. The number of nitrogens with zero attached hydrogens (tertiary/aromatic N) is 2. The maximum Gasteiger partial charge on any atom is 0.320 e. The van der Waals surface area contributed by atoms with Crippen molar-refractivity contribution in [2.75, 3.05) is 18.4 Å². The minimum absolute atomic E-state index is 0.0942. The van der Waals surface area contributed by atoms with Crippen molar-refractivity contribution in [3.05, 3.63) is 34.7 Å². The number of aromatic nitrogens is 1. The summed E-state index contributed by atoms with van der Waals surface area (Å²) in [7, 11) is 0. The Bertz CT molecular complexity index is 774. The van der Waals surface area contributed by atoms with E-state index in [1.165, 1.54) is 0 Å². The van der Waals surface area contributed by atoms with Gasteiger partial charge in [-0.05, 0) is 38.4 Å². The van der Waals surface area contributed by atoms with Crippen LogP contribution in [0.1, 0.15) is 24.3 Å². The Morgan fingerprint density at radius 1 is 1.40 bits per heavy atom. The predicted molar refractivity (Wildman–Crippen MR) is 97.8 cm³/mol. The molecule has 1 aliphatic rings. The van der Waals surface area contributed by atoms with Crippen molar-refractivity contribution >= 4 is 28.9 Å². The Labute approximate surface area is 150 Å². The lowest BCUT2D eigenvalue weighted by atomic mass is 10.0. The topological polar surface area (TPSA) is 82.5 Å². The molecule has 1 aromatic heterocycles. The van der Waals surface area contributed by atoms with Crippen molar-refractivity contribution in [3.8, 4) is 11.3 Å². The van der Waals surface area contributed by atoms with Crippen molar-refractivity contribution in [2.24, 2.45) is 0 Å². The molecule has 2 aromatic rings. The number of carbonyl (C=O) groups excluding carboxylic acids is 1. The zero-order valence-corrected chi connectivity index (χ0v) is 14.9. The second-order valence-electron chi connectivity index (χ2n) is 6.20. The van der Waals surface area contributed by atoms with Crippen LogP contribution in [0.5, 0.6) is 0 Å². The number of nitrogens with one attached hydrogen (secondary N) is 1. The fourth-order valence-corrected chi connectivity index (χ4v) is 3.72. The summed E-state index contributed by atoms with van der Waals surface area (Å²) in [5, 5.41) is 15.1. The third-order valence-corrected chi connectivity index (χ3v) is 5.08. The highest BCUT2D eigenvalue weighted by atomic mass is 32.1. The number of anilines is 1. The summed E-state index contributed by atoms with van der Waals surface area (Å²) < 4.78 is 0. The third-order valence-electron chi connectivity index (χ3n) is 4.31. The van der Waals surface area contributed by atoms with E-state index in [9.17, 15) is 14.7 Å². The van der Waals surface area contributed by atoms with E-state index in [4.69, 9.17) is 0 Å². The second-order valence-corrected chi connectivity index (χ2v) is 7.26. The van der Waals surface area contributed by atoms with Crippen LogP contribution in [0.3, 0.4) is 0 Å². The quantitative estimate of drug-likeness (QED) is 0.857. The Balaban J connectivity index is 1.65. The minimum atomic E-state index is -0.853. The lowest BCUT2D eigenvalue weighted by molar-refractivity contribution is -0.145. The molecule has 7 heteroatoms. The zero-order valence-electron chi connectivity index (χ0n) is 14.1. The highest BCUT2D eigenvalue weighted by molar-refractivity contribution is 7.09. The lowest BCUT2D eigenvalue weighted by Crippen LogP contribution is -2.47. The van der Waals surface area contributed by atoms with Crippen LogP contribution < -0.4 is 5.32 Å². The van der Waals surface area contributed by atoms with Gasteiger partial charge in [0.15, 0.2) is 0 Å². The number of benzene rings is 1. The molecule has 1 fully saturated rings. The van der Waals surface area contributed by atoms with Gasteiger partial charge in [0.25, 0.3) is 0 Å². The molecule has 1 amide bonds. The Morgan fingerprint density at radius 2 is 2.24 bits per heavy atom. The summed E-state index contributed by atoms with van der Waals surface area (Å²) in [5.74, 6) is -1.05. The molecule has 2 N–H and O–H groups in total. The SMILES string of the molecule is Cc1nc(-c2cccc(NC(=O)CN3CCCCC3C(=O)O)c2)cs1. The zero-order chi connectivity index (χ0) is 17.8. The normalized spacial score (nSPS) is 18.0. The summed E-state index contributed by atoms with van der Waals surface area (Å²) in [4.78, 5) is 29.9. The highest BCUT2D eigenvalue weighted by Gasteiger charge is 2.29. The van der Waals surface area contributed by atoms with Gasteiger partial charge in [0.1, 0.15) is 6.04 Å². The number of amides is 1. The molecule has 6 nitrogen and oxygen atoms in total. The van der Waals surface area contributed by atoms with Crippen LogP contribution in [-0.4, -0.2) is 46.0 Å². The van der Waals surface area contributed by atoms with E-state index in [-0.39, 0.29) is 12.5 Å². The van der Waals surface area contributed by atoms with Crippen molar-refractivity contribution < 1.29 is 14.7 Å². The van der Waals surface area contributed by atoms with Crippen molar-refractivity contribution in [1.82, 2.24) is 9.88 Å². The number of rotatable bonds is 5. The summed E-state index contributed by atoms with van der Waals surface area (Å²) >= 11 is 1.58. The van der Waals surface area contributed by atoms with Crippen LogP contribution in [-0.2, 0) is 9.59 Å². The molecule has 1 saturated heterocycles. The average Bonchev–Trinajstić information content (AvgIpc) is 3.02. The molecule has 1 atom stereocenters. The molecule has 2 heterocycles. The van der Waals surface area contributed by atoms with Gasteiger partial charge in [-0.15, -0.1) is 11.3 Å².